The van der Waals surface area contributed by atoms with Crippen molar-refractivity contribution in [2.24, 2.45) is 0 Å². The van der Waals surface area contributed by atoms with E-state index in [0.29, 0.717) is 0 Å². The van der Waals surface area contributed by atoms with Crippen molar-refractivity contribution in [2.45, 2.75) is 43.1 Å². The SMILES string of the molecule is O=C1NC(S)N(c2ccc(CCCO)cc2)C12CCC2. The first-order chi connectivity index (χ1) is 9.67. The lowest BCUT2D eigenvalue weighted by atomic mass is 9.75. The van der Waals surface area contributed by atoms with Crippen LogP contribution in [0.15, 0.2) is 24.3 Å². The summed E-state index contributed by atoms with van der Waals surface area (Å²) in [6.45, 7) is 0.216. The van der Waals surface area contributed by atoms with E-state index >= 15 is 0 Å². The number of benzene rings is 1. The number of carbonyl (C=O) groups is 1. The van der Waals surface area contributed by atoms with E-state index in [1.165, 1.54) is 5.56 Å². The fourth-order valence-corrected chi connectivity index (χ4v) is 3.61. The van der Waals surface area contributed by atoms with Crippen molar-refractivity contribution in [1.29, 1.82) is 0 Å². The summed E-state index contributed by atoms with van der Waals surface area (Å²) < 4.78 is 0. The highest BCUT2D eigenvalue weighted by Crippen LogP contribution is 2.45. The highest BCUT2D eigenvalue weighted by atomic mass is 32.1. The Bertz CT molecular complexity index is 499. The van der Waals surface area contributed by atoms with Crippen LogP contribution in [-0.2, 0) is 11.2 Å². The topological polar surface area (TPSA) is 52.6 Å². The minimum Gasteiger partial charge on any atom is -0.396 e. The predicted octanol–water partition coefficient (Wildman–Crippen LogP) is 1.68. The molecule has 2 N–H and O–H groups in total. The Hall–Kier alpha value is -1.20. The van der Waals surface area contributed by atoms with Crippen molar-refractivity contribution in [2.75, 3.05) is 11.5 Å². The van der Waals surface area contributed by atoms with Crippen molar-refractivity contribution in [3.05, 3.63) is 29.8 Å². The average molecular weight is 292 g/mol. The summed E-state index contributed by atoms with van der Waals surface area (Å²) in [7, 11) is 0. The standard InChI is InChI=1S/C15H20N2O2S/c18-10-1-3-11-4-6-12(7-5-11)17-14(20)16-13(19)15(17)8-2-9-15/h4-7,14,18,20H,1-3,8-10H2,(H,16,19). The van der Waals surface area contributed by atoms with Gasteiger partial charge in [0.05, 0.1) is 0 Å². The molecule has 1 saturated heterocycles. The van der Waals surface area contributed by atoms with Gasteiger partial charge in [-0.3, -0.25) is 4.79 Å². The number of aryl methyl sites for hydroxylation is 1. The number of rotatable bonds is 4. The van der Waals surface area contributed by atoms with E-state index in [-0.39, 0.29) is 23.6 Å². The highest BCUT2D eigenvalue weighted by Gasteiger charge is 2.55. The Morgan fingerprint density at radius 2 is 2.05 bits per heavy atom. The molecule has 0 bridgehead atoms. The molecule has 1 unspecified atom stereocenters. The molecule has 1 amide bonds. The summed E-state index contributed by atoms with van der Waals surface area (Å²) in [6, 6.07) is 8.24. The van der Waals surface area contributed by atoms with Gasteiger partial charge in [0, 0.05) is 12.3 Å². The summed E-state index contributed by atoms with van der Waals surface area (Å²) in [4.78, 5) is 14.3. The van der Waals surface area contributed by atoms with Gasteiger partial charge in [0.25, 0.3) is 0 Å². The molecule has 1 atom stereocenters. The number of nitrogens with one attached hydrogen (secondary N) is 1. The minimum absolute atomic E-state index is 0.105. The Balaban J connectivity index is 1.82. The summed E-state index contributed by atoms with van der Waals surface area (Å²) in [5.41, 5.74) is 1.63. The van der Waals surface area contributed by atoms with Gasteiger partial charge in [-0.1, -0.05) is 12.1 Å². The highest BCUT2D eigenvalue weighted by molar-refractivity contribution is 7.81. The van der Waals surface area contributed by atoms with Crippen LogP contribution < -0.4 is 10.2 Å². The van der Waals surface area contributed by atoms with Crippen LogP contribution in [0.1, 0.15) is 31.2 Å². The largest absolute Gasteiger partial charge is 0.396 e. The van der Waals surface area contributed by atoms with E-state index in [1.54, 1.807) is 0 Å². The zero-order valence-electron chi connectivity index (χ0n) is 11.4. The maximum Gasteiger partial charge on any atom is 0.248 e. The first-order valence-corrected chi connectivity index (χ1v) is 7.67. The Morgan fingerprint density at radius 3 is 2.60 bits per heavy atom. The molecule has 1 aromatic carbocycles. The van der Waals surface area contributed by atoms with Crippen LogP contribution in [0, 0.1) is 0 Å². The number of anilines is 1. The number of thiol groups is 1. The van der Waals surface area contributed by atoms with E-state index in [4.69, 9.17) is 5.11 Å². The van der Waals surface area contributed by atoms with Gasteiger partial charge < -0.3 is 15.3 Å². The lowest BCUT2D eigenvalue weighted by Gasteiger charge is -2.44. The van der Waals surface area contributed by atoms with Gasteiger partial charge in [-0.25, -0.2) is 0 Å². The van der Waals surface area contributed by atoms with Gasteiger partial charge in [0.1, 0.15) is 11.0 Å². The normalized spacial score (nSPS) is 23.8. The number of amides is 1. The minimum atomic E-state index is -0.376. The van der Waals surface area contributed by atoms with Crippen molar-refractivity contribution in [1.82, 2.24) is 5.32 Å². The predicted molar refractivity (Wildman–Crippen MR) is 81.8 cm³/mol. The fourth-order valence-electron chi connectivity index (χ4n) is 3.13. The molecule has 1 spiro atoms. The van der Waals surface area contributed by atoms with Crippen molar-refractivity contribution >= 4 is 24.2 Å². The third kappa shape index (κ3) is 2.09. The molecule has 108 valence electrons. The quantitative estimate of drug-likeness (QED) is 0.740. The molecular formula is C15H20N2O2S. The fraction of sp³-hybridized carbons (Fsp3) is 0.533. The molecule has 1 aliphatic heterocycles. The molecule has 1 aromatic rings. The average Bonchev–Trinajstić information content (AvgIpc) is 2.67. The second kappa shape index (κ2) is 5.30. The molecule has 2 fully saturated rings. The van der Waals surface area contributed by atoms with Gasteiger partial charge >= 0.3 is 0 Å². The smallest absolute Gasteiger partial charge is 0.248 e. The van der Waals surface area contributed by atoms with Gasteiger partial charge in [-0.05, 0) is 49.8 Å². The van der Waals surface area contributed by atoms with E-state index in [9.17, 15) is 4.79 Å². The van der Waals surface area contributed by atoms with Crippen LogP contribution >= 0.6 is 12.6 Å². The first-order valence-electron chi connectivity index (χ1n) is 7.15. The molecular weight excluding hydrogens is 272 g/mol. The number of aliphatic hydroxyl groups excluding tert-OH is 1. The van der Waals surface area contributed by atoms with Crippen LogP contribution in [0.3, 0.4) is 0 Å². The van der Waals surface area contributed by atoms with Gasteiger partial charge in [-0.2, -0.15) is 0 Å². The molecule has 3 rings (SSSR count). The van der Waals surface area contributed by atoms with Crippen molar-refractivity contribution < 1.29 is 9.90 Å². The Labute approximate surface area is 124 Å². The van der Waals surface area contributed by atoms with E-state index in [0.717, 1.165) is 37.8 Å². The molecule has 2 aliphatic rings. The van der Waals surface area contributed by atoms with Crippen molar-refractivity contribution in [3.63, 3.8) is 0 Å². The molecule has 4 nitrogen and oxygen atoms in total. The summed E-state index contributed by atoms with van der Waals surface area (Å²) >= 11 is 4.50. The van der Waals surface area contributed by atoms with Crippen LogP contribution in [0.5, 0.6) is 0 Å². The third-order valence-corrected chi connectivity index (χ3v) is 4.77. The maximum absolute atomic E-state index is 12.2. The monoisotopic (exact) mass is 292 g/mol. The second-order valence-corrected chi connectivity index (χ2v) is 6.09. The summed E-state index contributed by atoms with van der Waals surface area (Å²) in [5, 5.41) is 11.8. The zero-order valence-corrected chi connectivity index (χ0v) is 12.3. The molecule has 5 heteroatoms. The Kier molecular flexibility index (Phi) is 3.65. The van der Waals surface area contributed by atoms with Crippen LogP contribution in [-0.4, -0.2) is 28.7 Å². The van der Waals surface area contributed by atoms with E-state index in [1.807, 2.05) is 0 Å². The molecule has 0 aromatic heterocycles. The van der Waals surface area contributed by atoms with Gasteiger partial charge in [-0.15, -0.1) is 12.6 Å². The molecule has 1 aliphatic carbocycles. The Morgan fingerprint density at radius 1 is 1.35 bits per heavy atom. The molecule has 20 heavy (non-hydrogen) atoms. The molecule has 1 saturated carbocycles. The number of nitrogens with zero attached hydrogens (tertiary/aromatic N) is 1. The summed E-state index contributed by atoms with van der Waals surface area (Å²) in [5.74, 6) is 0.105. The van der Waals surface area contributed by atoms with Gasteiger partial charge in [0.2, 0.25) is 5.91 Å². The maximum atomic E-state index is 12.2. The molecule has 0 radical (unpaired) electrons. The van der Waals surface area contributed by atoms with Crippen LogP contribution in [0.4, 0.5) is 5.69 Å². The van der Waals surface area contributed by atoms with Crippen LogP contribution in [0.25, 0.3) is 0 Å². The number of carbonyl (C=O) groups excluding carboxylic acids is 1. The third-order valence-electron chi connectivity index (χ3n) is 4.41. The van der Waals surface area contributed by atoms with E-state index in [2.05, 4.69) is 47.1 Å². The summed E-state index contributed by atoms with van der Waals surface area (Å²) in [6.07, 6.45) is 4.56. The van der Waals surface area contributed by atoms with E-state index < -0.39 is 0 Å². The first kappa shape index (κ1) is 13.8. The lowest BCUT2D eigenvalue weighted by Crippen LogP contribution is -2.55. The lowest BCUT2D eigenvalue weighted by molar-refractivity contribution is -0.126. The zero-order chi connectivity index (χ0) is 14.2. The number of aliphatic hydroxyl groups is 1. The van der Waals surface area contributed by atoms with Crippen molar-refractivity contribution in [3.8, 4) is 0 Å². The number of hydrogen-bond acceptors (Lipinski definition) is 4. The van der Waals surface area contributed by atoms with Crippen LogP contribution in [0.2, 0.25) is 0 Å². The number of hydrogen-bond donors (Lipinski definition) is 3. The van der Waals surface area contributed by atoms with Gasteiger partial charge in [0.15, 0.2) is 0 Å². The second-order valence-electron chi connectivity index (χ2n) is 5.60. The molecule has 1 heterocycles.